The molecule has 1 aliphatic rings. The van der Waals surface area contributed by atoms with E-state index in [1.807, 2.05) is 11.0 Å². The van der Waals surface area contributed by atoms with E-state index < -0.39 is 0 Å². The summed E-state index contributed by atoms with van der Waals surface area (Å²) in [7, 11) is 2.09. The zero-order valence-corrected chi connectivity index (χ0v) is 11.6. The Morgan fingerprint density at radius 3 is 2.94 bits per heavy atom. The van der Waals surface area contributed by atoms with E-state index in [-0.39, 0.29) is 5.91 Å². The van der Waals surface area contributed by atoms with Crippen molar-refractivity contribution >= 4 is 21.8 Å². The van der Waals surface area contributed by atoms with E-state index >= 15 is 0 Å². The molecule has 92 valence electrons. The highest BCUT2D eigenvalue weighted by molar-refractivity contribution is 9.10. The van der Waals surface area contributed by atoms with Gasteiger partial charge in [0.15, 0.2) is 0 Å². The predicted octanol–water partition coefficient (Wildman–Crippen LogP) is 1.62. The van der Waals surface area contributed by atoms with Gasteiger partial charge in [0.2, 0.25) is 0 Å². The van der Waals surface area contributed by atoms with Crippen molar-refractivity contribution in [2.75, 3.05) is 26.7 Å². The minimum absolute atomic E-state index is 0.0601. The molecule has 0 saturated carbocycles. The van der Waals surface area contributed by atoms with Crippen molar-refractivity contribution < 1.29 is 4.79 Å². The first kappa shape index (κ1) is 12.5. The summed E-state index contributed by atoms with van der Waals surface area (Å²) in [5.74, 6) is 0.0601. The standard InChI is InChI=1S/C12H16BrN3O/c1-9-8-16(7-6-15(9)2)12(17)10-4-3-5-14-11(10)13/h3-5,9H,6-8H2,1-2H3. The van der Waals surface area contributed by atoms with Crippen molar-refractivity contribution in [2.24, 2.45) is 0 Å². The molecule has 1 unspecified atom stereocenters. The molecule has 1 aliphatic heterocycles. The molecule has 0 radical (unpaired) electrons. The molecule has 4 nitrogen and oxygen atoms in total. The number of hydrogen-bond donors (Lipinski definition) is 0. The van der Waals surface area contributed by atoms with E-state index in [0.29, 0.717) is 16.2 Å². The van der Waals surface area contributed by atoms with Gasteiger partial charge in [-0.05, 0) is 42.0 Å². The molecule has 0 spiro atoms. The van der Waals surface area contributed by atoms with E-state index in [1.165, 1.54) is 0 Å². The van der Waals surface area contributed by atoms with Gasteiger partial charge in [0, 0.05) is 31.9 Å². The fourth-order valence-electron chi connectivity index (χ4n) is 1.95. The molecule has 0 N–H and O–H groups in total. The Morgan fingerprint density at radius 1 is 1.53 bits per heavy atom. The van der Waals surface area contributed by atoms with Crippen molar-refractivity contribution in [3.8, 4) is 0 Å². The lowest BCUT2D eigenvalue weighted by Gasteiger charge is -2.37. The number of halogens is 1. The van der Waals surface area contributed by atoms with Crippen LogP contribution in [0.5, 0.6) is 0 Å². The van der Waals surface area contributed by atoms with E-state index in [2.05, 4.69) is 39.8 Å². The molecule has 1 saturated heterocycles. The Labute approximate surface area is 110 Å². The second kappa shape index (κ2) is 5.14. The lowest BCUT2D eigenvalue weighted by Crippen LogP contribution is -2.52. The van der Waals surface area contributed by atoms with Crippen LogP contribution in [0.4, 0.5) is 0 Å². The summed E-state index contributed by atoms with van der Waals surface area (Å²) in [4.78, 5) is 20.6. The normalized spacial score (nSPS) is 21.6. The van der Waals surface area contributed by atoms with Crippen LogP contribution in [0.2, 0.25) is 0 Å². The number of rotatable bonds is 1. The molecule has 0 bridgehead atoms. The number of carbonyl (C=O) groups excluding carboxylic acids is 1. The van der Waals surface area contributed by atoms with Gasteiger partial charge >= 0.3 is 0 Å². The molecule has 5 heteroatoms. The maximum Gasteiger partial charge on any atom is 0.256 e. The van der Waals surface area contributed by atoms with Crippen LogP contribution in [0.15, 0.2) is 22.9 Å². The Balaban J connectivity index is 2.14. The van der Waals surface area contributed by atoms with Crippen molar-refractivity contribution in [3.63, 3.8) is 0 Å². The largest absolute Gasteiger partial charge is 0.336 e. The van der Waals surface area contributed by atoms with E-state index in [4.69, 9.17) is 0 Å². The third-order valence-corrected chi connectivity index (χ3v) is 3.87. The molecular weight excluding hydrogens is 282 g/mol. The van der Waals surface area contributed by atoms with Crippen LogP contribution in [-0.4, -0.2) is 53.4 Å². The molecule has 1 aromatic heterocycles. The minimum atomic E-state index is 0.0601. The van der Waals surface area contributed by atoms with Gasteiger partial charge in [-0.25, -0.2) is 4.98 Å². The summed E-state index contributed by atoms with van der Waals surface area (Å²) in [5, 5.41) is 0. The molecular formula is C12H16BrN3O. The Morgan fingerprint density at radius 2 is 2.29 bits per heavy atom. The maximum atomic E-state index is 12.3. The van der Waals surface area contributed by atoms with Crippen molar-refractivity contribution in [1.82, 2.24) is 14.8 Å². The van der Waals surface area contributed by atoms with Gasteiger partial charge in [-0.15, -0.1) is 0 Å². The monoisotopic (exact) mass is 297 g/mol. The number of pyridine rings is 1. The first-order valence-electron chi connectivity index (χ1n) is 5.69. The number of amides is 1. The zero-order chi connectivity index (χ0) is 12.4. The van der Waals surface area contributed by atoms with Gasteiger partial charge in [0.05, 0.1) is 5.56 Å². The fourth-order valence-corrected chi connectivity index (χ4v) is 2.37. The summed E-state index contributed by atoms with van der Waals surface area (Å²) in [6.45, 7) is 4.61. The topological polar surface area (TPSA) is 36.4 Å². The molecule has 1 atom stereocenters. The maximum absolute atomic E-state index is 12.3. The van der Waals surface area contributed by atoms with Gasteiger partial charge in [-0.1, -0.05) is 0 Å². The van der Waals surface area contributed by atoms with Gasteiger partial charge in [-0.3, -0.25) is 4.79 Å². The smallest absolute Gasteiger partial charge is 0.256 e. The van der Waals surface area contributed by atoms with Crippen molar-refractivity contribution in [1.29, 1.82) is 0 Å². The van der Waals surface area contributed by atoms with Crippen LogP contribution in [0.1, 0.15) is 17.3 Å². The lowest BCUT2D eigenvalue weighted by molar-refractivity contribution is 0.0571. The van der Waals surface area contributed by atoms with Crippen molar-refractivity contribution in [3.05, 3.63) is 28.5 Å². The van der Waals surface area contributed by atoms with E-state index in [0.717, 1.165) is 19.6 Å². The first-order valence-corrected chi connectivity index (χ1v) is 6.49. The summed E-state index contributed by atoms with van der Waals surface area (Å²) in [5.41, 5.74) is 0.643. The third-order valence-electron chi connectivity index (χ3n) is 3.24. The van der Waals surface area contributed by atoms with Gasteiger partial charge < -0.3 is 9.80 Å². The van der Waals surface area contributed by atoms with Crippen LogP contribution in [-0.2, 0) is 0 Å². The molecule has 2 heterocycles. The number of nitrogens with zero attached hydrogens (tertiary/aromatic N) is 3. The number of hydrogen-bond acceptors (Lipinski definition) is 3. The highest BCUT2D eigenvalue weighted by atomic mass is 79.9. The first-order chi connectivity index (χ1) is 8.09. The quantitative estimate of drug-likeness (QED) is 0.739. The number of piperazine rings is 1. The fraction of sp³-hybridized carbons (Fsp3) is 0.500. The predicted molar refractivity (Wildman–Crippen MR) is 69.9 cm³/mol. The SMILES string of the molecule is CC1CN(C(=O)c2cccnc2Br)CCN1C. The summed E-state index contributed by atoms with van der Waals surface area (Å²) in [6, 6.07) is 4.00. The number of aromatic nitrogens is 1. The van der Waals surface area contributed by atoms with Crippen LogP contribution in [0.3, 0.4) is 0 Å². The van der Waals surface area contributed by atoms with Crippen LogP contribution in [0, 0.1) is 0 Å². The summed E-state index contributed by atoms with van der Waals surface area (Å²) >= 11 is 3.32. The van der Waals surface area contributed by atoms with Crippen LogP contribution in [0.25, 0.3) is 0 Å². The summed E-state index contributed by atoms with van der Waals surface area (Å²) in [6.07, 6.45) is 1.67. The van der Waals surface area contributed by atoms with Gasteiger partial charge in [-0.2, -0.15) is 0 Å². The van der Waals surface area contributed by atoms with Crippen LogP contribution >= 0.6 is 15.9 Å². The number of likely N-dealkylation sites (N-methyl/N-ethyl adjacent to an activating group) is 1. The number of carbonyl (C=O) groups is 1. The van der Waals surface area contributed by atoms with Crippen molar-refractivity contribution in [2.45, 2.75) is 13.0 Å². The second-order valence-electron chi connectivity index (χ2n) is 4.42. The molecule has 1 amide bonds. The highest BCUT2D eigenvalue weighted by Crippen LogP contribution is 2.17. The average molecular weight is 298 g/mol. The van der Waals surface area contributed by atoms with E-state index in [1.54, 1.807) is 12.3 Å². The minimum Gasteiger partial charge on any atom is -0.336 e. The Hall–Kier alpha value is -0.940. The molecule has 2 rings (SSSR count). The Kier molecular flexibility index (Phi) is 3.79. The lowest BCUT2D eigenvalue weighted by atomic mass is 10.1. The van der Waals surface area contributed by atoms with Gasteiger partial charge in [0.25, 0.3) is 5.91 Å². The highest BCUT2D eigenvalue weighted by Gasteiger charge is 2.26. The summed E-state index contributed by atoms with van der Waals surface area (Å²) < 4.78 is 0.622. The molecule has 1 fully saturated rings. The molecule has 0 aliphatic carbocycles. The van der Waals surface area contributed by atoms with E-state index in [9.17, 15) is 4.79 Å². The van der Waals surface area contributed by atoms with Gasteiger partial charge in [0.1, 0.15) is 4.60 Å². The average Bonchev–Trinajstić information content (AvgIpc) is 2.32. The molecule has 0 aromatic carbocycles. The molecule has 17 heavy (non-hydrogen) atoms. The third kappa shape index (κ3) is 2.66. The van der Waals surface area contributed by atoms with Crippen LogP contribution < -0.4 is 0 Å². The zero-order valence-electron chi connectivity index (χ0n) is 10.1. The second-order valence-corrected chi connectivity index (χ2v) is 5.17. The molecule has 1 aromatic rings. The Bertz CT molecular complexity index is 424.